The summed E-state index contributed by atoms with van der Waals surface area (Å²) in [5.74, 6) is -3.22. The van der Waals surface area contributed by atoms with Crippen LogP contribution in [0.5, 0.6) is 0 Å². The van der Waals surface area contributed by atoms with E-state index in [1.807, 2.05) is 0 Å². The standard InChI is InChI=1S/C19H15ClF5N3O2/c1-18(7-15(19(23,24)25)30-17(26)28-18)11-4-9(5-12(21)16(11)22)6-14(29)13-3-2-10(20)8-27-13/h2-5,8,15H,6-7H2,1H3,(H2,26,28)/t15-,18-/m0/s1. The second-order valence-corrected chi connectivity index (χ2v) is 7.41. The molecule has 0 unspecified atom stereocenters. The van der Waals surface area contributed by atoms with Crippen LogP contribution in [0.4, 0.5) is 22.0 Å². The monoisotopic (exact) mass is 447 g/mol. The van der Waals surface area contributed by atoms with Crippen LogP contribution in [0.3, 0.4) is 0 Å². The highest BCUT2D eigenvalue weighted by Crippen LogP contribution is 2.41. The number of hydrogen-bond acceptors (Lipinski definition) is 5. The molecular weight excluding hydrogens is 433 g/mol. The fourth-order valence-corrected chi connectivity index (χ4v) is 3.28. The summed E-state index contributed by atoms with van der Waals surface area (Å²) in [7, 11) is 0. The highest BCUT2D eigenvalue weighted by Gasteiger charge is 2.50. The molecule has 0 radical (unpaired) electrons. The van der Waals surface area contributed by atoms with Crippen molar-refractivity contribution in [2.24, 2.45) is 10.7 Å². The highest BCUT2D eigenvalue weighted by molar-refractivity contribution is 6.30. The van der Waals surface area contributed by atoms with E-state index < -0.39 is 53.2 Å². The molecule has 0 saturated heterocycles. The molecule has 30 heavy (non-hydrogen) atoms. The van der Waals surface area contributed by atoms with Crippen LogP contribution in [-0.4, -0.2) is 29.1 Å². The normalized spacial score (nSPS) is 21.7. The summed E-state index contributed by atoms with van der Waals surface area (Å²) in [6.07, 6.45) is -7.06. The molecule has 2 aromatic rings. The molecular formula is C19H15ClF5N3O2. The minimum absolute atomic E-state index is 0.0377. The number of rotatable bonds is 4. The summed E-state index contributed by atoms with van der Waals surface area (Å²) >= 11 is 5.71. The lowest BCUT2D eigenvalue weighted by Gasteiger charge is -2.36. The van der Waals surface area contributed by atoms with E-state index in [0.717, 1.165) is 12.1 Å². The largest absolute Gasteiger partial charge is 0.452 e. The molecule has 2 N–H and O–H groups in total. The van der Waals surface area contributed by atoms with Crippen molar-refractivity contribution in [2.75, 3.05) is 0 Å². The van der Waals surface area contributed by atoms with E-state index in [0.29, 0.717) is 5.02 Å². The number of ether oxygens (including phenoxy) is 1. The topological polar surface area (TPSA) is 77.6 Å². The summed E-state index contributed by atoms with van der Waals surface area (Å²) in [6, 6.07) is 3.91. The first kappa shape index (κ1) is 21.9. The number of carbonyl (C=O) groups excluding carboxylic acids is 1. The van der Waals surface area contributed by atoms with Gasteiger partial charge in [0.2, 0.25) is 0 Å². The number of aliphatic imine (C=N–C) groups is 1. The fraction of sp³-hybridized carbons (Fsp3) is 0.316. The van der Waals surface area contributed by atoms with Gasteiger partial charge in [-0.05, 0) is 36.8 Å². The zero-order valence-corrected chi connectivity index (χ0v) is 16.2. The number of halogens is 6. The SMILES string of the molecule is C[C@@]1(c2cc(CC(=O)c3ccc(Cl)cn3)cc(F)c2F)C[C@@H](C(F)(F)F)OC(N)=N1. The molecule has 0 saturated carbocycles. The predicted molar refractivity (Wildman–Crippen MR) is 98.2 cm³/mol. The number of carbonyl (C=O) groups is 1. The van der Waals surface area contributed by atoms with Crippen molar-refractivity contribution in [2.45, 2.75) is 37.6 Å². The fourth-order valence-electron chi connectivity index (χ4n) is 3.17. The molecule has 11 heteroatoms. The molecule has 0 fully saturated rings. The van der Waals surface area contributed by atoms with Gasteiger partial charge in [0.1, 0.15) is 5.69 Å². The summed E-state index contributed by atoms with van der Waals surface area (Å²) in [6.45, 7) is 1.19. The molecule has 2 atom stereocenters. The first-order chi connectivity index (χ1) is 13.9. The Labute approximate surface area is 172 Å². The van der Waals surface area contributed by atoms with Gasteiger partial charge in [-0.15, -0.1) is 0 Å². The van der Waals surface area contributed by atoms with Crippen molar-refractivity contribution >= 4 is 23.4 Å². The first-order valence-corrected chi connectivity index (χ1v) is 8.99. The van der Waals surface area contributed by atoms with Crippen LogP contribution in [0, 0.1) is 11.6 Å². The maximum Gasteiger partial charge on any atom is 0.425 e. The minimum atomic E-state index is -4.79. The molecule has 0 amide bonds. The van der Waals surface area contributed by atoms with Crippen LogP contribution >= 0.6 is 11.6 Å². The average Bonchev–Trinajstić information content (AvgIpc) is 2.63. The van der Waals surface area contributed by atoms with Crippen LogP contribution in [-0.2, 0) is 16.7 Å². The molecule has 1 aromatic heterocycles. The number of alkyl halides is 3. The Kier molecular flexibility index (Phi) is 5.72. The van der Waals surface area contributed by atoms with E-state index in [-0.39, 0.29) is 17.7 Å². The van der Waals surface area contributed by atoms with Crippen LogP contribution in [0.2, 0.25) is 5.02 Å². The molecule has 2 heterocycles. The van der Waals surface area contributed by atoms with Gasteiger partial charge >= 0.3 is 6.18 Å². The van der Waals surface area contributed by atoms with Crippen LogP contribution in [0.25, 0.3) is 0 Å². The second kappa shape index (κ2) is 7.82. The molecule has 0 bridgehead atoms. The van der Waals surface area contributed by atoms with E-state index in [4.69, 9.17) is 17.3 Å². The van der Waals surface area contributed by atoms with Crippen molar-refractivity contribution < 1.29 is 31.5 Å². The number of amidine groups is 1. The Morgan fingerprint density at radius 2 is 2.03 bits per heavy atom. The van der Waals surface area contributed by atoms with E-state index in [1.165, 1.54) is 25.3 Å². The van der Waals surface area contributed by atoms with Gasteiger partial charge in [-0.25, -0.2) is 13.8 Å². The van der Waals surface area contributed by atoms with Crippen molar-refractivity contribution in [1.29, 1.82) is 0 Å². The third kappa shape index (κ3) is 4.53. The molecule has 3 rings (SSSR count). The zero-order chi connectivity index (χ0) is 22.3. The summed E-state index contributed by atoms with van der Waals surface area (Å²) in [5.41, 5.74) is 3.13. The summed E-state index contributed by atoms with van der Waals surface area (Å²) in [5, 5.41) is 0.309. The zero-order valence-electron chi connectivity index (χ0n) is 15.4. The third-order valence-electron chi connectivity index (χ3n) is 4.61. The molecule has 0 aliphatic carbocycles. The van der Waals surface area contributed by atoms with Crippen LogP contribution in [0.15, 0.2) is 35.5 Å². The number of nitrogens with two attached hydrogens (primary N) is 1. The lowest BCUT2D eigenvalue weighted by atomic mass is 9.84. The maximum absolute atomic E-state index is 14.5. The number of nitrogens with zero attached hydrogens (tertiary/aromatic N) is 2. The average molecular weight is 448 g/mol. The Morgan fingerprint density at radius 3 is 2.63 bits per heavy atom. The van der Waals surface area contributed by atoms with E-state index >= 15 is 0 Å². The number of benzene rings is 1. The minimum Gasteiger partial charge on any atom is -0.452 e. The Balaban J connectivity index is 1.97. The summed E-state index contributed by atoms with van der Waals surface area (Å²) < 4.78 is 72.8. The molecule has 1 aromatic carbocycles. The van der Waals surface area contributed by atoms with E-state index in [2.05, 4.69) is 14.7 Å². The smallest absolute Gasteiger partial charge is 0.425 e. The Bertz CT molecular complexity index is 1010. The Hall–Kier alpha value is -2.75. The molecule has 0 spiro atoms. The van der Waals surface area contributed by atoms with Crippen LogP contribution in [0.1, 0.15) is 35.0 Å². The molecule has 160 valence electrons. The van der Waals surface area contributed by atoms with Crippen molar-refractivity contribution in [3.05, 3.63) is 63.9 Å². The highest BCUT2D eigenvalue weighted by atomic mass is 35.5. The number of hydrogen-bond donors (Lipinski definition) is 1. The van der Waals surface area contributed by atoms with Gasteiger partial charge in [0.25, 0.3) is 6.02 Å². The number of aromatic nitrogens is 1. The van der Waals surface area contributed by atoms with Crippen molar-refractivity contribution in [3.8, 4) is 0 Å². The lowest BCUT2D eigenvalue weighted by Crippen LogP contribution is -2.46. The summed E-state index contributed by atoms with van der Waals surface area (Å²) in [4.78, 5) is 20.0. The van der Waals surface area contributed by atoms with Crippen molar-refractivity contribution in [3.63, 3.8) is 0 Å². The number of ketones is 1. The van der Waals surface area contributed by atoms with Crippen molar-refractivity contribution in [1.82, 2.24) is 4.98 Å². The van der Waals surface area contributed by atoms with E-state index in [9.17, 15) is 26.7 Å². The quantitative estimate of drug-likeness (QED) is 0.559. The first-order valence-electron chi connectivity index (χ1n) is 8.61. The molecule has 5 nitrogen and oxygen atoms in total. The van der Waals surface area contributed by atoms with Crippen LogP contribution < -0.4 is 5.73 Å². The van der Waals surface area contributed by atoms with Gasteiger partial charge in [-0.2, -0.15) is 13.2 Å². The second-order valence-electron chi connectivity index (χ2n) is 6.98. The maximum atomic E-state index is 14.5. The van der Waals surface area contributed by atoms with Gasteiger partial charge in [-0.3, -0.25) is 9.78 Å². The Morgan fingerprint density at radius 1 is 1.33 bits per heavy atom. The predicted octanol–water partition coefficient (Wildman–Crippen LogP) is 4.32. The number of pyridine rings is 1. The number of Topliss-reactive ketones (excluding diaryl/α,β-unsaturated/α-hetero) is 1. The van der Waals surface area contributed by atoms with Gasteiger partial charge in [0.05, 0.1) is 10.6 Å². The van der Waals surface area contributed by atoms with Gasteiger partial charge in [-0.1, -0.05) is 11.6 Å². The van der Waals surface area contributed by atoms with Gasteiger partial charge in [0.15, 0.2) is 23.5 Å². The van der Waals surface area contributed by atoms with Gasteiger partial charge in [0, 0.05) is 24.6 Å². The lowest BCUT2D eigenvalue weighted by molar-refractivity contribution is -0.208. The van der Waals surface area contributed by atoms with Gasteiger partial charge < -0.3 is 10.5 Å². The molecule has 1 aliphatic rings. The van der Waals surface area contributed by atoms with E-state index in [1.54, 1.807) is 0 Å². The third-order valence-corrected chi connectivity index (χ3v) is 4.84. The molecule has 1 aliphatic heterocycles.